The summed E-state index contributed by atoms with van der Waals surface area (Å²) in [5.74, 6) is 2.09. The average molecular weight is 471 g/mol. The summed E-state index contributed by atoms with van der Waals surface area (Å²) in [7, 11) is 2.03. The van der Waals surface area contributed by atoms with Crippen LogP contribution in [0.2, 0.25) is 0 Å². The molecule has 2 aromatic heterocycles. The zero-order valence-corrected chi connectivity index (χ0v) is 21.2. The van der Waals surface area contributed by atoms with E-state index in [1.807, 2.05) is 37.9 Å². The molecule has 6 heteroatoms. The summed E-state index contributed by atoms with van der Waals surface area (Å²) in [6.07, 6.45) is 1.99. The lowest BCUT2D eigenvalue weighted by molar-refractivity contribution is 0.0988. The molecule has 5 nitrogen and oxygen atoms in total. The second-order valence-electron chi connectivity index (χ2n) is 9.33. The van der Waals surface area contributed by atoms with E-state index >= 15 is 0 Å². The monoisotopic (exact) mass is 470 g/mol. The molecule has 0 unspecified atom stereocenters. The third-order valence-electron chi connectivity index (χ3n) is 6.70. The lowest BCUT2D eigenvalue weighted by Gasteiger charge is -2.29. The Labute approximate surface area is 205 Å². The molecule has 0 aliphatic carbocycles. The third-order valence-corrected chi connectivity index (χ3v) is 7.87. The molecule has 3 heterocycles. The van der Waals surface area contributed by atoms with Crippen molar-refractivity contribution in [1.29, 1.82) is 0 Å². The van der Waals surface area contributed by atoms with Gasteiger partial charge in [-0.05, 0) is 67.5 Å². The molecule has 0 bridgehead atoms. The number of hydrogen-bond donors (Lipinski definition) is 0. The molecule has 0 fully saturated rings. The van der Waals surface area contributed by atoms with Crippen molar-refractivity contribution in [2.24, 2.45) is 0 Å². The molecule has 0 spiro atoms. The van der Waals surface area contributed by atoms with E-state index in [9.17, 15) is 4.79 Å². The number of amides is 1. The topological polar surface area (TPSA) is 49.3 Å². The molecule has 1 amide bonds. The molecule has 34 heavy (non-hydrogen) atoms. The molecular weight excluding hydrogens is 440 g/mol. The van der Waals surface area contributed by atoms with Crippen LogP contribution < -0.4 is 9.80 Å². The minimum atomic E-state index is 0.0557. The van der Waals surface area contributed by atoms with Crippen molar-refractivity contribution >= 4 is 44.7 Å². The van der Waals surface area contributed by atoms with Crippen molar-refractivity contribution < 1.29 is 4.79 Å². The number of nitrogens with zero attached hydrogens (tertiary/aromatic N) is 4. The Bertz CT molecular complexity index is 1370. The maximum Gasteiger partial charge on any atom is 0.268 e. The highest BCUT2D eigenvalue weighted by atomic mass is 32.1. The van der Waals surface area contributed by atoms with E-state index in [4.69, 9.17) is 9.97 Å². The second-order valence-corrected chi connectivity index (χ2v) is 10.3. The first-order valence-corrected chi connectivity index (χ1v) is 12.7. The van der Waals surface area contributed by atoms with Gasteiger partial charge in [0.05, 0.1) is 10.3 Å². The van der Waals surface area contributed by atoms with Crippen LogP contribution >= 0.6 is 11.3 Å². The zero-order valence-electron chi connectivity index (χ0n) is 20.4. The van der Waals surface area contributed by atoms with Crippen LogP contribution in [-0.4, -0.2) is 29.5 Å². The van der Waals surface area contributed by atoms with Gasteiger partial charge in [0.15, 0.2) is 0 Å². The highest BCUT2D eigenvalue weighted by Gasteiger charge is 2.28. The Kier molecular flexibility index (Phi) is 5.86. The number of hydrogen-bond acceptors (Lipinski definition) is 5. The van der Waals surface area contributed by atoms with Gasteiger partial charge in [-0.2, -0.15) is 0 Å². The van der Waals surface area contributed by atoms with Crippen molar-refractivity contribution in [3.8, 4) is 0 Å². The largest absolute Gasteiger partial charge is 0.329 e. The molecule has 0 atom stereocenters. The molecule has 5 rings (SSSR count). The number of carbonyl (C=O) groups excluding carboxylic acids is 1. The van der Waals surface area contributed by atoms with Crippen molar-refractivity contribution in [2.75, 3.05) is 23.4 Å². The van der Waals surface area contributed by atoms with Gasteiger partial charge in [0.2, 0.25) is 0 Å². The maximum absolute atomic E-state index is 13.8. The molecule has 1 aliphatic heterocycles. The summed E-state index contributed by atoms with van der Waals surface area (Å²) in [4.78, 5) is 28.9. The smallest absolute Gasteiger partial charge is 0.268 e. The van der Waals surface area contributed by atoms with Crippen LogP contribution in [0.4, 0.5) is 17.2 Å². The van der Waals surface area contributed by atoms with Gasteiger partial charge >= 0.3 is 0 Å². The molecule has 4 aromatic rings. The minimum Gasteiger partial charge on any atom is -0.329 e. The van der Waals surface area contributed by atoms with Crippen LogP contribution in [0.5, 0.6) is 0 Å². The highest BCUT2D eigenvalue weighted by Crippen LogP contribution is 2.39. The van der Waals surface area contributed by atoms with Crippen molar-refractivity contribution in [3.63, 3.8) is 0 Å². The Hall–Kier alpha value is -3.25. The molecule has 1 aliphatic rings. The Balaban J connectivity index is 1.58. The van der Waals surface area contributed by atoms with Crippen LogP contribution in [0, 0.1) is 13.8 Å². The van der Waals surface area contributed by atoms with Crippen molar-refractivity contribution in [2.45, 2.75) is 46.5 Å². The quantitative estimate of drug-likeness (QED) is 0.329. The summed E-state index contributed by atoms with van der Waals surface area (Å²) in [5.41, 5.74) is 5.59. The van der Waals surface area contributed by atoms with Crippen molar-refractivity contribution in [1.82, 2.24) is 9.97 Å². The van der Waals surface area contributed by atoms with Crippen LogP contribution in [0.25, 0.3) is 10.2 Å². The van der Waals surface area contributed by atoms with Gasteiger partial charge in [0.25, 0.3) is 5.91 Å². The fraction of sp³-hybridized carbons (Fsp3) is 0.321. The molecule has 0 N–H and O–H groups in total. The number of anilines is 3. The molecule has 0 saturated carbocycles. The number of benzene rings is 2. The van der Waals surface area contributed by atoms with Gasteiger partial charge in [-0.25, -0.2) is 9.97 Å². The van der Waals surface area contributed by atoms with Gasteiger partial charge < -0.3 is 9.80 Å². The summed E-state index contributed by atoms with van der Waals surface area (Å²) in [6, 6.07) is 16.8. The Morgan fingerprint density at radius 3 is 2.53 bits per heavy atom. The van der Waals surface area contributed by atoms with Crippen molar-refractivity contribution in [3.05, 3.63) is 75.9 Å². The number of thiophene rings is 1. The Morgan fingerprint density at radius 1 is 1.06 bits per heavy atom. The minimum absolute atomic E-state index is 0.0557. The standard InChI is InChI=1S/C28H30N4OS/c1-17(2)20-12-14-22(15-13-20)31(5)26-24-18(3)25(34-27(24)30-19(4)29-26)28(33)32-16-8-10-21-9-6-7-11-23(21)32/h6-7,9,11-15,17H,8,10,16H2,1-5H3. The molecule has 0 radical (unpaired) electrons. The average Bonchev–Trinajstić information content (AvgIpc) is 3.18. The fourth-order valence-electron chi connectivity index (χ4n) is 4.74. The number of aryl methyl sites for hydroxylation is 3. The van der Waals surface area contributed by atoms with Crippen LogP contribution in [0.1, 0.15) is 58.4 Å². The maximum atomic E-state index is 13.8. The van der Waals surface area contributed by atoms with Crippen LogP contribution in [0.3, 0.4) is 0 Å². The fourth-order valence-corrected chi connectivity index (χ4v) is 5.91. The van der Waals surface area contributed by atoms with Crippen LogP contribution in [-0.2, 0) is 6.42 Å². The van der Waals surface area contributed by atoms with E-state index in [2.05, 4.69) is 55.1 Å². The predicted molar refractivity (Wildman–Crippen MR) is 142 cm³/mol. The molecule has 174 valence electrons. The normalized spacial score (nSPS) is 13.4. The molecule has 2 aromatic carbocycles. The van der Waals surface area contributed by atoms with E-state index in [1.165, 1.54) is 22.5 Å². The summed E-state index contributed by atoms with van der Waals surface area (Å²) < 4.78 is 0. The first-order valence-electron chi connectivity index (χ1n) is 11.9. The lowest BCUT2D eigenvalue weighted by Crippen LogP contribution is -2.35. The highest BCUT2D eigenvalue weighted by molar-refractivity contribution is 7.20. The van der Waals surface area contributed by atoms with Gasteiger partial charge in [-0.3, -0.25) is 4.79 Å². The first-order chi connectivity index (χ1) is 16.3. The number of aromatic nitrogens is 2. The Morgan fingerprint density at radius 2 is 1.79 bits per heavy atom. The predicted octanol–water partition coefficient (Wildman–Crippen LogP) is 6.79. The van der Waals surface area contributed by atoms with E-state index in [0.717, 1.165) is 57.2 Å². The first kappa shape index (κ1) is 22.5. The van der Waals surface area contributed by atoms with E-state index in [1.54, 1.807) is 0 Å². The summed E-state index contributed by atoms with van der Waals surface area (Å²) >= 11 is 1.48. The number of para-hydroxylation sites is 1. The summed E-state index contributed by atoms with van der Waals surface area (Å²) in [5, 5.41) is 0.958. The summed E-state index contributed by atoms with van der Waals surface area (Å²) in [6.45, 7) is 9.08. The van der Waals surface area contributed by atoms with E-state index < -0.39 is 0 Å². The van der Waals surface area contributed by atoms with Gasteiger partial charge in [0, 0.05) is 25.0 Å². The SMILES string of the molecule is Cc1nc(N(C)c2ccc(C(C)C)cc2)c2c(C)c(C(=O)N3CCCc4ccccc43)sc2n1. The third kappa shape index (κ3) is 3.86. The number of carbonyl (C=O) groups is 1. The van der Waals surface area contributed by atoms with Gasteiger partial charge in [0.1, 0.15) is 16.5 Å². The molecule has 0 saturated heterocycles. The number of rotatable bonds is 4. The van der Waals surface area contributed by atoms with Gasteiger partial charge in [-0.15, -0.1) is 11.3 Å². The van der Waals surface area contributed by atoms with E-state index in [0.29, 0.717) is 11.7 Å². The van der Waals surface area contributed by atoms with E-state index in [-0.39, 0.29) is 5.91 Å². The van der Waals surface area contributed by atoms with Gasteiger partial charge in [-0.1, -0.05) is 44.2 Å². The number of fused-ring (bicyclic) bond motifs is 2. The molecular formula is C28H30N4OS. The van der Waals surface area contributed by atoms with Crippen LogP contribution in [0.15, 0.2) is 48.5 Å². The second kappa shape index (κ2) is 8.84. The lowest BCUT2D eigenvalue weighted by atomic mass is 10.0. The zero-order chi connectivity index (χ0) is 24.0.